The molecule has 0 spiro atoms. The Labute approximate surface area is 223 Å². The number of aliphatic carboxylic acids is 1. The van der Waals surface area contributed by atoms with E-state index in [0.29, 0.717) is 44.2 Å². The molecule has 1 aliphatic heterocycles. The number of carbonyl (C=O) groups is 4. The van der Waals surface area contributed by atoms with Gasteiger partial charge in [0.1, 0.15) is 12.6 Å². The van der Waals surface area contributed by atoms with Gasteiger partial charge in [0.05, 0.1) is 17.9 Å². The highest BCUT2D eigenvalue weighted by Gasteiger charge is 2.52. The minimum Gasteiger partial charge on any atom is -0.480 e. The molecule has 1 fully saturated rings. The van der Waals surface area contributed by atoms with Gasteiger partial charge in [-0.05, 0) is 62.6 Å². The van der Waals surface area contributed by atoms with Gasteiger partial charge in [-0.3, -0.25) is 24.1 Å². The van der Waals surface area contributed by atoms with Crippen molar-refractivity contribution < 1.29 is 29.0 Å². The summed E-state index contributed by atoms with van der Waals surface area (Å²) in [7, 11) is 0. The molecule has 0 bridgehead atoms. The number of benzene rings is 2. The molecule has 202 valence electrons. The predicted octanol–water partition coefficient (Wildman–Crippen LogP) is 3.91. The smallest absolute Gasteiger partial charge is 0.323 e. The first-order valence-electron chi connectivity index (χ1n) is 13.5. The number of carbonyl (C=O) groups excluding carboxylic acids is 3. The molecule has 8 heteroatoms. The van der Waals surface area contributed by atoms with E-state index in [0.717, 1.165) is 24.0 Å². The Bertz CT molecular complexity index is 1160. The molecule has 1 heterocycles. The fourth-order valence-corrected chi connectivity index (χ4v) is 6.01. The summed E-state index contributed by atoms with van der Waals surface area (Å²) in [5.74, 6) is -2.92. The zero-order chi connectivity index (χ0) is 27.1. The van der Waals surface area contributed by atoms with Crippen LogP contribution >= 0.6 is 0 Å². The minimum absolute atomic E-state index is 0.224. The molecule has 38 heavy (non-hydrogen) atoms. The molecule has 2 atom stereocenters. The Kier molecular flexibility index (Phi) is 8.81. The van der Waals surface area contributed by atoms with Crippen LogP contribution in [0.1, 0.15) is 56.6 Å². The molecular formula is C30H36N2O6. The van der Waals surface area contributed by atoms with Crippen molar-refractivity contribution in [2.75, 3.05) is 18.1 Å². The summed E-state index contributed by atoms with van der Waals surface area (Å²) in [5.41, 5.74) is 1.52. The molecule has 0 saturated heterocycles. The van der Waals surface area contributed by atoms with Crippen molar-refractivity contribution in [3.05, 3.63) is 65.7 Å². The number of carboxylic acids is 1. The lowest BCUT2D eigenvalue weighted by Gasteiger charge is -2.36. The summed E-state index contributed by atoms with van der Waals surface area (Å²) in [5, 5.41) is 12.5. The van der Waals surface area contributed by atoms with Gasteiger partial charge in [-0.1, -0.05) is 61.4 Å². The van der Waals surface area contributed by atoms with Crippen LogP contribution < -0.4 is 10.2 Å². The molecule has 0 aromatic heterocycles. The Morgan fingerprint density at radius 3 is 2.45 bits per heavy atom. The minimum atomic E-state index is -1.13. The highest BCUT2D eigenvalue weighted by Crippen LogP contribution is 2.47. The van der Waals surface area contributed by atoms with E-state index in [1.54, 1.807) is 19.1 Å². The number of hydrogen-bond donors (Lipinski definition) is 2. The molecule has 8 nitrogen and oxygen atoms in total. The quantitative estimate of drug-likeness (QED) is 0.460. The maximum absolute atomic E-state index is 14.1. The van der Waals surface area contributed by atoms with E-state index in [4.69, 9.17) is 4.74 Å². The topological polar surface area (TPSA) is 113 Å². The highest BCUT2D eigenvalue weighted by atomic mass is 16.5. The number of esters is 1. The molecule has 0 radical (unpaired) electrons. The van der Waals surface area contributed by atoms with Crippen LogP contribution in [-0.4, -0.2) is 48.1 Å². The van der Waals surface area contributed by atoms with E-state index in [-0.39, 0.29) is 18.5 Å². The standard InChI is InChI=1S/C30H36N2O6/c1-2-38-28(36)23(16-14-21-10-4-3-5-11-21)30(18-8-9-19-30)29(37)31-24-17-15-22-12-6-7-13-25(22)32(27(24)35)20-26(33)34/h3-7,10-13,23-24H,2,8-9,14-20H2,1H3,(H,31,37)(H,33,34)/t23-,24-/m0/s1. The Morgan fingerprint density at radius 2 is 1.76 bits per heavy atom. The van der Waals surface area contributed by atoms with Gasteiger partial charge < -0.3 is 15.2 Å². The maximum atomic E-state index is 14.1. The van der Waals surface area contributed by atoms with Crippen molar-refractivity contribution in [3.63, 3.8) is 0 Å². The summed E-state index contributed by atoms with van der Waals surface area (Å²) in [6.07, 6.45) is 4.66. The first-order chi connectivity index (χ1) is 18.4. The highest BCUT2D eigenvalue weighted by molar-refractivity contribution is 6.04. The lowest BCUT2D eigenvalue weighted by Crippen LogP contribution is -2.55. The van der Waals surface area contributed by atoms with E-state index in [1.807, 2.05) is 42.5 Å². The second-order valence-electron chi connectivity index (χ2n) is 10.2. The fraction of sp³-hybridized carbons (Fsp3) is 0.467. The molecule has 2 N–H and O–H groups in total. The first-order valence-corrected chi connectivity index (χ1v) is 13.5. The molecule has 2 amide bonds. The van der Waals surface area contributed by atoms with Gasteiger partial charge in [0, 0.05) is 5.69 Å². The van der Waals surface area contributed by atoms with Crippen molar-refractivity contribution in [2.24, 2.45) is 11.3 Å². The van der Waals surface area contributed by atoms with Crippen LogP contribution in [0.5, 0.6) is 0 Å². The molecule has 0 unspecified atom stereocenters. The number of anilines is 1. The Balaban J connectivity index is 1.60. The van der Waals surface area contributed by atoms with Crippen LogP contribution in [0.4, 0.5) is 5.69 Å². The second-order valence-corrected chi connectivity index (χ2v) is 10.2. The first kappa shape index (κ1) is 27.4. The number of amides is 2. The van der Waals surface area contributed by atoms with E-state index in [2.05, 4.69) is 5.32 Å². The third-order valence-corrected chi connectivity index (χ3v) is 7.90. The van der Waals surface area contributed by atoms with Crippen molar-refractivity contribution in [2.45, 2.75) is 64.3 Å². The Hall–Kier alpha value is -3.68. The predicted molar refractivity (Wildman–Crippen MR) is 142 cm³/mol. The number of carboxylic acid groups (broad SMARTS) is 1. The largest absolute Gasteiger partial charge is 0.480 e. The number of fused-ring (bicyclic) bond motifs is 1. The van der Waals surface area contributed by atoms with Crippen LogP contribution in [0, 0.1) is 11.3 Å². The van der Waals surface area contributed by atoms with Crippen LogP contribution in [-0.2, 0) is 36.8 Å². The van der Waals surface area contributed by atoms with Gasteiger partial charge in [-0.2, -0.15) is 0 Å². The van der Waals surface area contributed by atoms with Gasteiger partial charge >= 0.3 is 11.9 Å². The zero-order valence-corrected chi connectivity index (χ0v) is 21.9. The summed E-state index contributed by atoms with van der Waals surface area (Å²) >= 11 is 0. The van der Waals surface area contributed by atoms with E-state index in [1.165, 1.54) is 4.90 Å². The monoisotopic (exact) mass is 520 g/mol. The number of hydrogen-bond acceptors (Lipinski definition) is 5. The number of rotatable bonds is 10. The fourth-order valence-electron chi connectivity index (χ4n) is 6.01. The van der Waals surface area contributed by atoms with E-state index >= 15 is 0 Å². The number of para-hydroxylation sites is 1. The van der Waals surface area contributed by atoms with Crippen molar-refractivity contribution >= 4 is 29.4 Å². The van der Waals surface area contributed by atoms with Crippen LogP contribution in [0.25, 0.3) is 0 Å². The SMILES string of the molecule is CCOC(=O)[C@H](CCc1ccccc1)C1(C(=O)N[C@H]2CCc3ccccc3N(CC(=O)O)C2=O)CCCC1. The summed E-state index contributed by atoms with van der Waals surface area (Å²) in [4.78, 5) is 53.7. The van der Waals surface area contributed by atoms with Crippen molar-refractivity contribution in [1.29, 1.82) is 0 Å². The lowest BCUT2D eigenvalue weighted by atomic mass is 9.70. The van der Waals surface area contributed by atoms with Crippen LogP contribution in [0.2, 0.25) is 0 Å². The maximum Gasteiger partial charge on any atom is 0.323 e. The number of ether oxygens (including phenoxy) is 1. The van der Waals surface area contributed by atoms with Gasteiger partial charge in [0.25, 0.3) is 0 Å². The molecule has 1 aliphatic carbocycles. The molecular weight excluding hydrogens is 484 g/mol. The second kappa shape index (κ2) is 12.2. The summed E-state index contributed by atoms with van der Waals surface area (Å²) in [6, 6.07) is 16.2. The third kappa shape index (κ3) is 5.90. The molecule has 2 aromatic carbocycles. The third-order valence-electron chi connectivity index (χ3n) is 7.90. The van der Waals surface area contributed by atoms with Gasteiger partial charge in [-0.25, -0.2) is 0 Å². The molecule has 1 saturated carbocycles. The van der Waals surface area contributed by atoms with Crippen molar-refractivity contribution in [1.82, 2.24) is 5.32 Å². The van der Waals surface area contributed by atoms with E-state index in [9.17, 15) is 24.3 Å². The van der Waals surface area contributed by atoms with Gasteiger partial charge in [-0.15, -0.1) is 0 Å². The normalized spacial score (nSPS) is 19.2. The number of nitrogens with one attached hydrogen (secondary N) is 1. The molecule has 2 aliphatic rings. The van der Waals surface area contributed by atoms with Gasteiger partial charge in [0.2, 0.25) is 11.8 Å². The summed E-state index contributed by atoms with van der Waals surface area (Å²) < 4.78 is 5.45. The summed E-state index contributed by atoms with van der Waals surface area (Å²) in [6.45, 7) is 1.49. The molecule has 2 aromatic rings. The van der Waals surface area contributed by atoms with Crippen LogP contribution in [0.3, 0.4) is 0 Å². The lowest BCUT2D eigenvalue weighted by molar-refractivity contribution is -0.158. The average molecular weight is 521 g/mol. The number of nitrogens with zero attached hydrogens (tertiary/aromatic N) is 1. The van der Waals surface area contributed by atoms with Crippen LogP contribution in [0.15, 0.2) is 54.6 Å². The molecule has 4 rings (SSSR count). The van der Waals surface area contributed by atoms with E-state index < -0.39 is 35.8 Å². The average Bonchev–Trinajstić information content (AvgIpc) is 3.37. The zero-order valence-electron chi connectivity index (χ0n) is 21.9. The Morgan fingerprint density at radius 1 is 1.08 bits per heavy atom. The van der Waals surface area contributed by atoms with Crippen molar-refractivity contribution in [3.8, 4) is 0 Å². The number of aryl methyl sites for hydroxylation is 2. The van der Waals surface area contributed by atoms with Gasteiger partial charge in [0.15, 0.2) is 0 Å².